The zero-order valence-electron chi connectivity index (χ0n) is 13.8. The van der Waals surface area contributed by atoms with Crippen LogP contribution < -0.4 is 10.9 Å². The molecule has 0 aliphatic heterocycles. The number of aromatic nitrogens is 2. The number of carbonyl (C=O) groups is 1. The Labute approximate surface area is 146 Å². The first kappa shape index (κ1) is 19.3. The zero-order chi connectivity index (χ0) is 18.6. The van der Waals surface area contributed by atoms with E-state index in [1.807, 2.05) is 12.2 Å². The quantitative estimate of drug-likeness (QED) is 0.625. The van der Waals surface area contributed by atoms with Gasteiger partial charge in [-0.1, -0.05) is 30.8 Å². The number of halogens is 3. The van der Waals surface area contributed by atoms with Gasteiger partial charge in [0.25, 0.3) is 5.56 Å². The molecule has 0 fully saturated rings. The third kappa shape index (κ3) is 4.97. The second-order valence-electron chi connectivity index (χ2n) is 5.46. The van der Waals surface area contributed by atoms with E-state index < -0.39 is 23.9 Å². The molecular weight excluding hydrogens is 355 g/mol. The molecule has 1 aromatic heterocycles. The fourth-order valence-electron chi connectivity index (χ4n) is 2.20. The van der Waals surface area contributed by atoms with E-state index in [-0.39, 0.29) is 5.56 Å². The van der Waals surface area contributed by atoms with Crippen LogP contribution in [-0.4, -0.2) is 33.4 Å². The Balaban J connectivity index is 2.28. The Bertz CT molecular complexity index is 820. The Kier molecular flexibility index (Phi) is 6.10. The van der Waals surface area contributed by atoms with E-state index >= 15 is 0 Å². The van der Waals surface area contributed by atoms with Crippen LogP contribution in [-0.2, 0) is 11.3 Å². The number of rotatable bonds is 6. The fourth-order valence-corrected chi connectivity index (χ4v) is 3.16. The summed E-state index contributed by atoms with van der Waals surface area (Å²) < 4.78 is 38.1. The van der Waals surface area contributed by atoms with Crippen LogP contribution in [0.1, 0.15) is 20.3 Å². The first-order chi connectivity index (χ1) is 11.7. The molecule has 5 nitrogen and oxygen atoms in total. The molecule has 0 bridgehead atoms. The maximum atomic E-state index is 12.6. The number of nitrogens with one attached hydrogen (secondary N) is 1. The van der Waals surface area contributed by atoms with Crippen molar-refractivity contribution in [2.24, 2.45) is 0 Å². The minimum Gasteiger partial charge on any atom is -0.346 e. The predicted molar refractivity (Wildman–Crippen MR) is 90.7 cm³/mol. The molecule has 136 valence electrons. The van der Waals surface area contributed by atoms with E-state index in [1.54, 1.807) is 24.3 Å². The molecule has 0 aliphatic rings. The van der Waals surface area contributed by atoms with Crippen molar-refractivity contribution in [1.29, 1.82) is 0 Å². The van der Waals surface area contributed by atoms with Gasteiger partial charge in [-0.2, -0.15) is 13.2 Å². The number of carbonyl (C=O) groups excluding carboxylic acids is 1. The highest BCUT2D eigenvalue weighted by atomic mass is 32.2. The maximum Gasteiger partial charge on any atom is 0.405 e. The first-order valence-corrected chi connectivity index (χ1v) is 8.61. The number of para-hydroxylation sites is 1. The van der Waals surface area contributed by atoms with Crippen LogP contribution in [0.2, 0.25) is 0 Å². The molecule has 2 rings (SSSR count). The molecule has 9 heteroatoms. The van der Waals surface area contributed by atoms with Crippen molar-refractivity contribution in [3.63, 3.8) is 0 Å². The molecule has 1 amide bonds. The van der Waals surface area contributed by atoms with E-state index in [2.05, 4.69) is 4.98 Å². The molecule has 0 radical (unpaired) electrons. The summed E-state index contributed by atoms with van der Waals surface area (Å²) in [6.07, 6.45) is -3.78. The number of amides is 1. The van der Waals surface area contributed by atoms with E-state index in [1.165, 1.54) is 11.5 Å². The highest BCUT2D eigenvalue weighted by Gasteiger charge is 2.29. The summed E-state index contributed by atoms with van der Waals surface area (Å²) in [5.41, 5.74) is 0.267. The summed E-state index contributed by atoms with van der Waals surface area (Å²) in [4.78, 5) is 28.9. The largest absolute Gasteiger partial charge is 0.405 e. The van der Waals surface area contributed by atoms with Crippen molar-refractivity contribution in [2.45, 2.75) is 43.4 Å². The van der Waals surface area contributed by atoms with Gasteiger partial charge in [-0.3, -0.25) is 14.2 Å². The van der Waals surface area contributed by atoms with Gasteiger partial charge in [0.15, 0.2) is 5.16 Å². The lowest BCUT2D eigenvalue weighted by molar-refractivity contribution is -0.137. The topological polar surface area (TPSA) is 64.0 Å². The Hall–Kier alpha value is -2.03. The number of fused-ring (bicyclic) bond motifs is 1. The molecule has 0 saturated heterocycles. The van der Waals surface area contributed by atoms with Gasteiger partial charge in [-0.25, -0.2) is 4.98 Å². The molecule has 0 aliphatic carbocycles. The first-order valence-electron chi connectivity index (χ1n) is 7.73. The minimum atomic E-state index is -4.47. The monoisotopic (exact) mass is 373 g/mol. The molecule has 1 unspecified atom stereocenters. The Morgan fingerprint density at radius 1 is 1.36 bits per heavy atom. The molecule has 2 aromatic rings. The highest BCUT2D eigenvalue weighted by molar-refractivity contribution is 8.00. The van der Waals surface area contributed by atoms with Gasteiger partial charge in [0.05, 0.1) is 16.2 Å². The summed E-state index contributed by atoms with van der Waals surface area (Å²) in [6.45, 7) is 2.41. The summed E-state index contributed by atoms with van der Waals surface area (Å²) in [5.74, 6) is -0.757. The lowest BCUT2D eigenvalue weighted by Gasteiger charge is -2.16. The van der Waals surface area contributed by atoms with Crippen molar-refractivity contribution in [1.82, 2.24) is 14.9 Å². The van der Waals surface area contributed by atoms with Crippen LogP contribution >= 0.6 is 11.8 Å². The van der Waals surface area contributed by atoms with Crippen molar-refractivity contribution >= 4 is 28.6 Å². The number of thioether (sulfide) groups is 1. The molecule has 1 aromatic carbocycles. The van der Waals surface area contributed by atoms with Gasteiger partial charge in [-0.15, -0.1) is 0 Å². The fraction of sp³-hybridized carbons (Fsp3) is 0.438. The third-order valence-corrected chi connectivity index (χ3v) is 4.48. The summed E-state index contributed by atoms with van der Waals surface area (Å²) >= 11 is 0.970. The van der Waals surface area contributed by atoms with Crippen molar-refractivity contribution < 1.29 is 18.0 Å². The van der Waals surface area contributed by atoms with Crippen LogP contribution in [0.5, 0.6) is 0 Å². The Morgan fingerprint density at radius 2 is 2.04 bits per heavy atom. The summed E-state index contributed by atoms with van der Waals surface area (Å²) in [7, 11) is 0. The van der Waals surface area contributed by atoms with E-state index in [4.69, 9.17) is 0 Å². The molecule has 1 heterocycles. The van der Waals surface area contributed by atoms with E-state index in [9.17, 15) is 22.8 Å². The number of alkyl halides is 3. The predicted octanol–water partition coefficient (Wildman–Crippen LogP) is 2.97. The van der Waals surface area contributed by atoms with Gasteiger partial charge in [0, 0.05) is 6.54 Å². The normalized spacial score (nSPS) is 13.0. The smallest absolute Gasteiger partial charge is 0.346 e. The van der Waals surface area contributed by atoms with Crippen LogP contribution in [0.15, 0.2) is 34.2 Å². The van der Waals surface area contributed by atoms with Crippen LogP contribution in [0, 0.1) is 0 Å². The van der Waals surface area contributed by atoms with Gasteiger partial charge < -0.3 is 5.32 Å². The molecule has 0 saturated carbocycles. The average Bonchev–Trinajstić information content (AvgIpc) is 2.55. The van der Waals surface area contributed by atoms with Crippen LogP contribution in [0.4, 0.5) is 13.2 Å². The zero-order valence-corrected chi connectivity index (χ0v) is 14.6. The number of benzene rings is 1. The second-order valence-corrected chi connectivity index (χ2v) is 6.77. The Morgan fingerprint density at radius 3 is 2.68 bits per heavy atom. The highest BCUT2D eigenvalue weighted by Crippen LogP contribution is 2.23. The number of nitrogens with zero attached hydrogens (tertiary/aromatic N) is 2. The van der Waals surface area contributed by atoms with E-state index in [0.717, 1.165) is 11.8 Å². The average molecular weight is 373 g/mol. The summed E-state index contributed by atoms with van der Waals surface area (Å²) in [6, 6.07) is 6.84. The molecular formula is C16H18F3N3O2S. The van der Waals surface area contributed by atoms with Crippen LogP contribution in [0.25, 0.3) is 10.9 Å². The minimum absolute atomic E-state index is 0.224. The van der Waals surface area contributed by atoms with Gasteiger partial charge in [0.2, 0.25) is 5.91 Å². The van der Waals surface area contributed by atoms with Crippen LogP contribution in [0.3, 0.4) is 0 Å². The lowest BCUT2D eigenvalue weighted by Crippen LogP contribution is -2.38. The summed E-state index contributed by atoms with van der Waals surface area (Å²) in [5, 5.41) is 1.81. The number of hydrogen-bond donors (Lipinski definition) is 1. The second kappa shape index (κ2) is 7.90. The van der Waals surface area contributed by atoms with Crippen molar-refractivity contribution in [3.8, 4) is 0 Å². The molecule has 25 heavy (non-hydrogen) atoms. The van der Waals surface area contributed by atoms with Crippen molar-refractivity contribution in [2.75, 3.05) is 6.54 Å². The third-order valence-electron chi connectivity index (χ3n) is 3.39. The lowest BCUT2D eigenvalue weighted by atomic mass is 10.2. The number of hydrogen-bond acceptors (Lipinski definition) is 4. The van der Waals surface area contributed by atoms with Gasteiger partial charge in [-0.05, 0) is 25.5 Å². The maximum absolute atomic E-state index is 12.6. The molecule has 0 spiro atoms. The van der Waals surface area contributed by atoms with E-state index in [0.29, 0.717) is 29.0 Å². The standard InChI is InChI=1S/C16H18F3N3O2S/c1-3-8-22-14(24)11-6-4-5-7-12(11)21-15(22)25-10(2)13(23)20-9-16(17,18)19/h4-7,10H,3,8-9H2,1-2H3,(H,20,23). The molecule has 1 N–H and O–H groups in total. The SMILES string of the molecule is CCCn1c(SC(C)C(=O)NCC(F)(F)F)nc2ccccc2c1=O. The van der Waals surface area contributed by atoms with Crippen molar-refractivity contribution in [3.05, 3.63) is 34.6 Å². The molecule has 1 atom stereocenters. The van der Waals surface area contributed by atoms with Gasteiger partial charge in [0.1, 0.15) is 6.54 Å². The van der Waals surface area contributed by atoms with Gasteiger partial charge >= 0.3 is 6.18 Å².